The Kier molecular flexibility index (Phi) is 3.40. The zero-order valence-corrected chi connectivity index (χ0v) is 9.33. The molecule has 2 aromatic heterocycles. The number of esters is 1. The summed E-state index contributed by atoms with van der Waals surface area (Å²) in [5, 5.41) is 0. The predicted octanol–water partition coefficient (Wildman–Crippen LogP) is 1.25. The number of ether oxygens (including phenoxy) is 1. The molecule has 0 spiro atoms. The van der Waals surface area contributed by atoms with Crippen LogP contribution in [0.2, 0.25) is 0 Å². The molecule has 0 unspecified atom stereocenters. The lowest BCUT2D eigenvalue weighted by Gasteiger charge is -2.01. The van der Waals surface area contributed by atoms with Crippen molar-refractivity contribution in [1.29, 1.82) is 0 Å². The van der Waals surface area contributed by atoms with Gasteiger partial charge >= 0.3 is 5.97 Å². The third-order valence-corrected chi connectivity index (χ3v) is 2.23. The average molecular weight is 229 g/mol. The van der Waals surface area contributed by atoms with E-state index < -0.39 is 0 Å². The number of rotatable bonds is 3. The highest BCUT2D eigenvalue weighted by Gasteiger charge is 2.06. The van der Waals surface area contributed by atoms with Gasteiger partial charge in [0.05, 0.1) is 7.11 Å². The molecule has 0 fully saturated rings. The summed E-state index contributed by atoms with van der Waals surface area (Å²) in [7, 11) is 1.34. The van der Waals surface area contributed by atoms with Crippen LogP contribution in [0, 0.1) is 0 Å². The van der Waals surface area contributed by atoms with Crippen molar-refractivity contribution in [3.8, 4) is 11.1 Å². The molecule has 0 atom stereocenters. The quantitative estimate of drug-likeness (QED) is 0.741. The molecular formula is C12H11N3O2. The number of aromatic nitrogens is 3. The van der Waals surface area contributed by atoms with E-state index in [0.717, 1.165) is 11.1 Å². The second kappa shape index (κ2) is 5.16. The van der Waals surface area contributed by atoms with Gasteiger partial charge in [-0.1, -0.05) is 6.07 Å². The smallest absolute Gasteiger partial charge is 0.313 e. The van der Waals surface area contributed by atoms with Gasteiger partial charge in [-0.15, -0.1) is 0 Å². The number of carbonyl (C=O) groups is 1. The lowest BCUT2D eigenvalue weighted by Crippen LogP contribution is -2.07. The Hall–Kier alpha value is -2.30. The second-order valence-electron chi connectivity index (χ2n) is 3.38. The van der Waals surface area contributed by atoms with Crippen molar-refractivity contribution in [2.45, 2.75) is 6.42 Å². The van der Waals surface area contributed by atoms with Gasteiger partial charge in [0.1, 0.15) is 12.2 Å². The summed E-state index contributed by atoms with van der Waals surface area (Å²) in [5.74, 6) is 0.101. The van der Waals surface area contributed by atoms with Crippen LogP contribution in [-0.4, -0.2) is 28.0 Å². The molecule has 0 aliphatic heterocycles. The van der Waals surface area contributed by atoms with Gasteiger partial charge in [-0.2, -0.15) is 0 Å². The zero-order valence-electron chi connectivity index (χ0n) is 9.33. The lowest BCUT2D eigenvalue weighted by atomic mass is 10.1. The maximum atomic E-state index is 11.0. The largest absolute Gasteiger partial charge is 0.469 e. The van der Waals surface area contributed by atoms with E-state index in [2.05, 4.69) is 19.7 Å². The van der Waals surface area contributed by atoms with E-state index in [4.69, 9.17) is 0 Å². The number of hydrogen-bond acceptors (Lipinski definition) is 5. The van der Waals surface area contributed by atoms with Crippen LogP contribution < -0.4 is 0 Å². The summed E-state index contributed by atoms with van der Waals surface area (Å²) in [6.07, 6.45) is 6.86. The SMILES string of the molecule is COC(=O)Cc1ncc(-c2cccnc2)cn1. The van der Waals surface area contributed by atoms with E-state index in [1.165, 1.54) is 7.11 Å². The molecule has 5 heteroatoms. The molecule has 17 heavy (non-hydrogen) atoms. The predicted molar refractivity (Wildman–Crippen MR) is 61.0 cm³/mol. The second-order valence-corrected chi connectivity index (χ2v) is 3.38. The summed E-state index contributed by atoms with van der Waals surface area (Å²) < 4.78 is 4.54. The zero-order chi connectivity index (χ0) is 12.1. The molecule has 86 valence electrons. The fraction of sp³-hybridized carbons (Fsp3) is 0.167. The summed E-state index contributed by atoms with van der Waals surface area (Å²) in [6, 6.07) is 3.77. The van der Waals surface area contributed by atoms with Crippen LogP contribution in [0.3, 0.4) is 0 Å². The minimum atomic E-state index is -0.348. The Balaban J connectivity index is 2.16. The Labute approximate surface area is 98.5 Å². The number of pyridine rings is 1. The van der Waals surface area contributed by atoms with E-state index >= 15 is 0 Å². The lowest BCUT2D eigenvalue weighted by molar-refractivity contribution is -0.139. The van der Waals surface area contributed by atoms with Gasteiger partial charge in [0.25, 0.3) is 0 Å². The highest BCUT2D eigenvalue weighted by molar-refractivity contribution is 5.71. The maximum Gasteiger partial charge on any atom is 0.313 e. The molecule has 2 aromatic rings. The topological polar surface area (TPSA) is 65.0 Å². The fourth-order valence-electron chi connectivity index (χ4n) is 1.33. The normalized spacial score (nSPS) is 9.94. The number of nitrogens with zero attached hydrogens (tertiary/aromatic N) is 3. The first-order valence-electron chi connectivity index (χ1n) is 5.07. The van der Waals surface area contributed by atoms with E-state index in [1.807, 2.05) is 12.1 Å². The third-order valence-electron chi connectivity index (χ3n) is 2.23. The van der Waals surface area contributed by atoms with Gasteiger partial charge in [0, 0.05) is 35.9 Å². The van der Waals surface area contributed by atoms with E-state index in [1.54, 1.807) is 24.8 Å². The molecule has 2 rings (SSSR count). The van der Waals surface area contributed by atoms with Crippen LogP contribution >= 0.6 is 0 Å². The van der Waals surface area contributed by atoms with E-state index in [0.29, 0.717) is 5.82 Å². The highest BCUT2D eigenvalue weighted by atomic mass is 16.5. The molecule has 0 aliphatic rings. The molecular weight excluding hydrogens is 218 g/mol. The van der Waals surface area contributed by atoms with Crippen molar-refractivity contribution < 1.29 is 9.53 Å². The van der Waals surface area contributed by atoms with Crippen molar-refractivity contribution in [2.75, 3.05) is 7.11 Å². The Morgan fingerprint density at radius 3 is 2.59 bits per heavy atom. The van der Waals surface area contributed by atoms with Crippen LogP contribution in [0.5, 0.6) is 0 Å². The molecule has 0 saturated carbocycles. The van der Waals surface area contributed by atoms with Crippen LogP contribution in [0.15, 0.2) is 36.9 Å². The van der Waals surface area contributed by atoms with Crippen molar-refractivity contribution >= 4 is 5.97 Å². The van der Waals surface area contributed by atoms with Gasteiger partial charge in [0.2, 0.25) is 0 Å². The number of methoxy groups -OCH3 is 1. The first-order valence-corrected chi connectivity index (χ1v) is 5.07. The minimum Gasteiger partial charge on any atom is -0.469 e. The fourth-order valence-corrected chi connectivity index (χ4v) is 1.33. The Bertz CT molecular complexity index is 497. The summed E-state index contributed by atoms with van der Waals surface area (Å²) >= 11 is 0. The van der Waals surface area contributed by atoms with Crippen LogP contribution in [0.1, 0.15) is 5.82 Å². The summed E-state index contributed by atoms with van der Waals surface area (Å²) in [6.45, 7) is 0. The first-order chi connectivity index (χ1) is 8.29. The van der Waals surface area contributed by atoms with E-state index in [9.17, 15) is 4.79 Å². The molecule has 0 aromatic carbocycles. The Morgan fingerprint density at radius 2 is 2.00 bits per heavy atom. The van der Waals surface area contributed by atoms with Crippen molar-refractivity contribution in [3.63, 3.8) is 0 Å². The number of hydrogen-bond donors (Lipinski definition) is 0. The van der Waals surface area contributed by atoms with Gasteiger partial charge in [-0.3, -0.25) is 9.78 Å². The molecule has 0 amide bonds. The average Bonchev–Trinajstić information content (AvgIpc) is 2.40. The van der Waals surface area contributed by atoms with Crippen LogP contribution in [0.25, 0.3) is 11.1 Å². The van der Waals surface area contributed by atoms with Gasteiger partial charge < -0.3 is 4.74 Å². The minimum absolute atomic E-state index is 0.0871. The van der Waals surface area contributed by atoms with Gasteiger partial charge in [-0.05, 0) is 6.07 Å². The molecule has 5 nitrogen and oxygen atoms in total. The van der Waals surface area contributed by atoms with E-state index in [-0.39, 0.29) is 12.4 Å². The Morgan fingerprint density at radius 1 is 1.24 bits per heavy atom. The van der Waals surface area contributed by atoms with Crippen LogP contribution in [0.4, 0.5) is 0 Å². The van der Waals surface area contributed by atoms with Crippen molar-refractivity contribution in [3.05, 3.63) is 42.7 Å². The standard InChI is InChI=1S/C12H11N3O2/c1-17-12(16)5-11-14-7-10(8-15-11)9-3-2-4-13-6-9/h2-4,6-8H,5H2,1H3. The van der Waals surface area contributed by atoms with Crippen molar-refractivity contribution in [1.82, 2.24) is 15.0 Å². The third kappa shape index (κ3) is 2.84. The molecule has 0 N–H and O–H groups in total. The van der Waals surface area contributed by atoms with Gasteiger partial charge in [-0.25, -0.2) is 9.97 Å². The molecule has 0 bridgehead atoms. The monoisotopic (exact) mass is 229 g/mol. The summed E-state index contributed by atoms with van der Waals surface area (Å²) in [5.41, 5.74) is 1.81. The molecule has 0 saturated heterocycles. The molecule has 0 radical (unpaired) electrons. The maximum absolute atomic E-state index is 11.0. The molecule has 2 heterocycles. The van der Waals surface area contributed by atoms with Crippen molar-refractivity contribution in [2.24, 2.45) is 0 Å². The number of carbonyl (C=O) groups excluding carboxylic acids is 1. The molecule has 0 aliphatic carbocycles. The first kappa shape index (κ1) is 11.2. The summed E-state index contributed by atoms with van der Waals surface area (Å²) in [4.78, 5) is 23.2. The van der Waals surface area contributed by atoms with Crippen LogP contribution in [-0.2, 0) is 16.0 Å². The van der Waals surface area contributed by atoms with Gasteiger partial charge in [0.15, 0.2) is 0 Å². The highest BCUT2D eigenvalue weighted by Crippen LogP contribution is 2.15.